The van der Waals surface area contributed by atoms with Crippen molar-refractivity contribution in [3.63, 3.8) is 0 Å². The van der Waals surface area contributed by atoms with Crippen LogP contribution in [0.3, 0.4) is 0 Å². The van der Waals surface area contributed by atoms with Gasteiger partial charge in [0.05, 0.1) is 11.4 Å². The van der Waals surface area contributed by atoms with E-state index in [1.807, 2.05) is 17.0 Å². The van der Waals surface area contributed by atoms with E-state index in [4.69, 9.17) is 0 Å². The number of rotatable bonds is 5. The number of nitrogens with one attached hydrogen (secondary N) is 1. The summed E-state index contributed by atoms with van der Waals surface area (Å²) >= 11 is 0. The third kappa shape index (κ3) is 5.30. The molecule has 0 radical (unpaired) electrons. The van der Waals surface area contributed by atoms with E-state index in [2.05, 4.69) is 57.6 Å². The van der Waals surface area contributed by atoms with Crippen molar-refractivity contribution in [1.29, 1.82) is 0 Å². The van der Waals surface area contributed by atoms with E-state index < -0.39 is 0 Å². The summed E-state index contributed by atoms with van der Waals surface area (Å²) in [7, 11) is 0. The molecule has 2 amide bonds. The number of para-hydroxylation sites is 2. The Balaban J connectivity index is 1.28. The van der Waals surface area contributed by atoms with Crippen molar-refractivity contribution in [1.82, 2.24) is 9.80 Å². The molecule has 0 bridgehead atoms. The quantitative estimate of drug-likeness (QED) is 0.834. The van der Waals surface area contributed by atoms with Crippen LogP contribution in [0.15, 0.2) is 54.6 Å². The molecule has 0 atom stereocenters. The molecular formula is C24H32N4O. The molecule has 1 N–H and O–H groups in total. The minimum Gasteiger partial charge on any atom is -0.370 e. The van der Waals surface area contributed by atoms with Gasteiger partial charge in [-0.2, -0.15) is 0 Å². The van der Waals surface area contributed by atoms with Crippen molar-refractivity contribution in [2.24, 2.45) is 0 Å². The Morgan fingerprint density at radius 2 is 1.48 bits per heavy atom. The Hall–Kier alpha value is -2.53. The summed E-state index contributed by atoms with van der Waals surface area (Å²) in [6, 6.07) is 18.9. The first kappa shape index (κ1) is 19.8. The van der Waals surface area contributed by atoms with E-state index in [1.165, 1.54) is 24.8 Å². The third-order valence-electron chi connectivity index (χ3n) is 6.06. The fourth-order valence-electron chi connectivity index (χ4n) is 4.29. The van der Waals surface area contributed by atoms with E-state index in [9.17, 15) is 4.79 Å². The minimum absolute atomic E-state index is 0.0252. The molecule has 0 aromatic heterocycles. The number of hydrogen-bond donors (Lipinski definition) is 1. The fourth-order valence-corrected chi connectivity index (χ4v) is 4.29. The van der Waals surface area contributed by atoms with E-state index in [0.717, 1.165) is 63.6 Å². The molecule has 4 rings (SSSR count). The van der Waals surface area contributed by atoms with Gasteiger partial charge < -0.3 is 15.1 Å². The van der Waals surface area contributed by atoms with Gasteiger partial charge in [0.2, 0.25) is 0 Å². The molecular weight excluding hydrogens is 360 g/mol. The summed E-state index contributed by atoms with van der Waals surface area (Å²) in [5.74, 6) is 0. The molecule has 2 aromatic carbocycles. The number of hydrogen-bond acceptors (Lipinski definition) is 3. The van der Waals surface area contributed by atoms with Gasteiger partial charge in [0.25, 0.3) is 0 Å². The first-order valence-electron chi connectivity index (χ1n) is 11.0. The van der Waals surface area contributed by atoms with E-state index in [1.54, 1.807) is 0 Å². The molecule has 2 aromatic rings. The second-order valence-electron chi connectivity index (χ2n) is 8.06. The van der Waals surface area contributed by atoms with Gasteiger partial charge >= 0.3 is 6.03 Å². The van der Waals surface area contributed by atoms with Crippen LogP contribution in [0.25, 0.3) is 0 Å². The van der Waals surface area contributed by atoms with Crippen molar-refractivity contribution in [3.05, 3.63) is 60.2 Å². The maximum Gasteiger partial charge on any atom is 0.321 e. The highest BCUT2D eigenvalue weighted by Gasteiger charge is 2.22. The van der Waals surface area contributed by atoms with Crippen molar-refractivity contribution in [2.45, 2.75) is 25.7 Å². The highest BCUT2D eigenvalue weighted by Crippen LogP contribution is 2.28. The Labute approximate surface area is 174 Å². The molecule has 5 nitrogen and oxygen atoms in total. The molecule has 2 fully saturated rings. The zero-order chi connectivity index (χ0) is 19.9. The number of nitrogens with zero attached hydrogens (tertiary/aromatic N) is 3. The second kappa shape index (κ2) is 9.79. The molecule has 0 unspecified atom stereocenters. The van der Waals surface area contributed by atoms with Crippen LogP contribution in [0.5, 0.6) is 0 Å². The van der Waals surface area contributed by atoms with Gasteiger partial charge in [0.15, 0.2) is 0 Å². The number of benzene rings is 2. The number of carbonyl (C=O) groups is 1. The predicted octanol–water partition coefficient (Wildman–Crippen LogP) is 4.07. The third-order valence-corrected chi connectivity index (χ3v) is 6.06. The maximum atomic E-state index is 12.9. The molecule has 154 valence electrons. The largest absolute Gasteiger partial charge is 0.370 e. The minimum atomic E-state index is 0.0252. The van der Waals surface area contributed by atoms with E-state index in [0.29, 0.717) is 0 Å². The zero-order valence-electron chi connectivity index (χ0n) is 17.2. The van der Waals surface area contributed by atoms with Crippen LogP contribution in [-0.2, 0) is 6.42 Å². The lowest BCUT2D eigenvalue weighted by atomic mass is 10.1. The number of piperazine rings is 1. The lowest BCUT2D eigenvalue weighted by Gasteiger charge is -2.35. The molecule has 0 saturated carbocycles. The van der Waals surface area contributed by atoms with E-state index >= 15 is 0 Å². The van der Waals surface area contributed by atoms with Gasteiger partial charge in [-0.1, -0.05) is 42.5 Å². The fraction of sp³-hybridized carbons (Fsp3) is 0.458. The topological polar surface area (TPSA) is 38.8 Å². The van der Waals surface area contributed by atoms with Crippen molar-refractivity contribution < 1.29 is 4.79 Å². The molecule has 0 spiro atoms. The number of urea groups is 1. The smallest absolute Gasteiger partial charge is 0.321 e. The van der Waals surface area contributed by atoms with Crippen molar-refractivity contribution >= 4 is 17.4 Å². The van der Waals surface area contributed by atoms with Gasteiger partial charge in [-0.25, -0.2) is 4.79 Å². The average molecular weight is 393 g/mol. The monoisotopic (exact) mass is 392 g/mol. The standard InChI is InChI=1S/C24H32N4O/c29-24(25-22-11-5-6-12-23(22)27-14-7-2-8-15-27)28-19-17-26(18-20-28)16-13-21-9-3-1-4-10-21/h1,3-6,9-12H,2,7-8,13-20H2,(H,25,29). The molecule has 0 aliphatic carbocycles. The molecule has 5 heteroatoms. The van der Waals surface area contributed by atoms with Crippen LogP contribution < -0.4 is 10.2 Å². The van der Waals surface area contributed by atoms with Crippen LogP contribution >= 0.6 is 0 Å². The predicted molar refractivity (Wildman–Crippen MR) is 120 cm³/mol. The van der Waals surface area contributed by atoms with Gasteiger partial charge in [-0.15, -0.1) is 0 Å². The Kier molecular flexibility index (Phi) is 6.67. The second-order valence-corrected chi connectivity index (χ2v) is 8.06. The van der Waals surface area contributed by atoms with Crippen LogP contribution in [0.1, 0.15) is 24.8 Å². The molecule has 2 saturated heterocycles. The van der Waals surface area contributed by atoms with Gasteiger partial charge in [-0.3, -0.25) is 4.90 Å². The lowest BCUT2D eigenvalue weighted by molar-refractivity contribution is 0.148. The average Bonchev–Trinajstić information content (AvgIpc) is 2.80. The lowest BCUT2D eigenvalue weighted by Crippen LogP contribution is -2.50. The molecule has 2 aliphatic rings. The van der Waals surface area contributed by atoms with Crippen LogP contribution in [0, 0.1) is 0 Å². The van der Waals surface area contributed by atoms with E-state index in [-0.39, 0.29) is 6.03 Å². The number of carbonyl (C=O) groups excluding carboxylic acids is 1. The van der Waals surface area contributed by atoms with Gasteiger partial charge in [0, 0.05) is 45.8 Å². The highest BCUT2D eigenvalue weighted by molar-refractivity contribution is 5.93. The Morgan fingerprint density at radius 1 is 0.793 bits per heavy atom. The summed E-state index contributed by atoms with van der Waals surface area (Å²) in [5, 5.41) is 3.18. The van der Waals surface area contributed by atoms with Gasteiger partial charge in [0.1, 0.15) is 0 Å². The summed E-state index contributed by atoms with van der Waals surface area (Å²) < 4.78 is 0. The summed E-state index contributed by atoms with van der Waals surface area (Å²) in [4.78, 5) is 19.7. The summed E-state index contributed by atoms with van der Waals surface area (Å²) in [6.45, 7) is 6.65. The molecule has 29 heavy (non-hydrogen) atoms. The number of anilines is 2. The van der Waals surface area contributed by atoms with Gasteiger partial charge in [-0.05, 0) is 43.4 Å². The highest BCUT2D eigenvalue weighted by atomic mass is 16.2. The Morgan fingerprint density at radius 3 is 2.24 bits per heavy atom. The van der Waals surface area contributed by atoms with Crippen LogP contribution in [0.2, 0.25) is 0 Å². The maximum absolute atomic E-state index is 12.9. The number of amides is 2. The normalized spacial score (nSPS) is 17.9. The first-order chi connectivity index (χ1) is 14.3. The Bertz CT molecular complexity index is 780. The molecule has 2 heterocycles. The first-order valence-corrected chi connectivity index (χ1v) is 11.0. The summed E-state index contributed by atoms with van der Waals surface area (Å²) in [6.07, 6.45) is 4.83. The molecule has 2 aliphatic heterocycles. The van der Waals surface area contributed by atoms with Crippen molar-refractivity contribution in [2.75, 3.05) is 56.0 Å². The zero-order valence-corrected chi connectivity index (χ0v) is 17.2. The SMILES string of the molecule is O=C(Nc1ccccc1N1CCCCC1)N1CCN(CCc2ccccc2)CC1. The van der Waals surface area contributed by atoms with Crippen molar-refractivity contribution in [3.8, 4) is 0 Å². The van der Waals surface area contributed by atoms with Crippen LogP contribution in [-0.4, -0.2) is 61.6 Å². The summed E-state index contributed by atoms with van der Waals surface area (Å²) in [5.41, 5.74) is 3.47. The van der Waals surface area contributed by atoms with Crippen LogP contribution in [0.4, 0.5) is 16.2 Å². The number of piperidine rings is 1.